The maximum absolute atomic E-state index is 13.5. The first-order valence-corrected chi connectivity index (χ1v) is 7.96. The Bertz CT molecular complexity index is 935. The minimum absolute atomic E-state index is 0.0286. The third kappa shape index (κ3) is 4.31. The van der Waals surface area contributed by atoms with Crippen molar-refractivity contribution in [2.45, 2.75) is 6.54 Å². The number of carbonyl (C=O) groups is 1. The molecule has 2 N–H and O–H groups in total. The second kappa shape index (κ2) is 7.88. The van der Waals surface area contributed by atoms with Crippen molar-refractivity contribution >= 4 is 29.1 Å². The molecule has 0 saturated heterocycles. The molecule has 3 rings (SSSR count). The Kier molecular flexibility index (Phi) is 5.38. The Morgan fingerprint density at radius 3 is 2.46 bits per heavy atom. The molecular weight excluding hydrogens is 362 g/mol. The van der Waals surface area contributed by atoms with Crippen molar-refractivity contribution in [1.82, 2.24) is 15.3 Å². The van der Waals surface area contributed by atoms with E-state index in [0.717, 1.165) is 0 Å². The summed E-state index contributed by atoms with van der Waals surface area (Å²) in [7, 11) is 0. The predicted octanol–water partition coefficient (Wildman–Crippen LogP) is 4.08. The van der Waals surface area contributed by atoms with Gasteiger partial charge in [-0.25, -0.2) is 18.7 Å². The minimum Gasteiger partial charge on any atom is -0.348 e. The Balaban J connectivity index is 1.62. The highest BCUT2D eigenvalue weighted by Gasteiger charge is 2.09. The molecule has 0 aliphatic heterocycles. The molecule has 1 aromatic heterocycles. The fraction of sp³-hybridized carbons (Fsp3) is 0.0556. The number of halogens is 3. The van der Waals surface area contributed by atoms with E-state index in [1.54, 1.807) is 18.2 Å². The fourth-order valence-electron chi connectivity index (χ4n) is 2.13. The largest absolute Gasteiger partial charge is 0.348 e. The second-order valence-electron chi connectivity index (χ2n) is 5.32. The number of carbonyl (C=O) groups excluding carboxylic acids is 1. The van der Waals surface area contributed by atoms with Crippen LogP contribution in [-0.4, -0.2) is 15.9 Å². The van der Waals surface area contributed by atoms with E-state index in [4.69, 9.17) is 11.6 Å². The first-order chi connectivity index (χ1) is 12.5. The van der Waals surface area contributed by atoms with E-state index in [0.29, 0.717) is 11.3 Å². The highest BCUT2D eigenvalue weighted by atomic mass is 35.5. The van der Waals surface area contributed by atoms with Gasteiger partial charge in [-0.1, -0.05) is 29.8 Å². The Hall–Kier alpha value is -3.06. The number of nitrogens with zero attached hydrogens (tertiary/aromatic N) is 2. The van der Waals surface area contributed by atoms with Gasteiger partial charge in [-0.2, -0.15) is 0 Å². The summed E-state index contributed by atoms with van der Waals surface area (Å²) in [6, 6.07) is 10.3. The number of amides is 1. The molecule has 0 unspecified atom stereocenters. The number of rotatable bonds is 5. The normalized spacial score (nSPS) is 10.4. The SMILES string of the molecule is O=C(NCc1ccccc1F)c1cnc(Nc2ccc(F)c(Cl)c2)nc1. The zero-order chi connectivity index (χ0) is 18.5. The number of aromatic nitrogens is 2. The Morgan fingerprint density at radius 1 is 1.04 bits per heavy atom. The zero-order valence-corrected chi connectivity index (χ0v) is 14.1. The van der Waals surface area contributed by atoms with Gasteiger partial charge in [-0.05, 0) is 24.3 Å². The minimum atomic E-state index is -0.528. The first-order valence-electron chi connectivity index (χ1n) is 7.58. The van der Waals surface area contributed by atoms with Crippen LogP contribution in [0.5, 0.6) is 0 Å². The van der Waals surface area contributed by atoms with Crippen molar-refractivity contribution in [1.29, 1.82) is 0 Å². The number of anilines is 2. The molecule has 5 nitrogen and oxygen atoms in total. The van der Waals surface area contributed by atoms with Crippen LogP contribution in [0.15, 0.2) is 54.9 Å². The van der Waals surface area contributed by atoms with Crippen LogP contribution in [0.25, 0.3) is 0 Å². The number of hydrogen-bond acceptors (Lipinski definition) is 4. The second-order valence-corrected chi connectivity index (χ2v) is 5.73. The molecule has 0 bridgehead atoms. The molecule has 0 atom stereocenters. The van der Waals surface area contributed by atoms with E-state index in [-0.39, 0.29) is 28.9 Å². The number of nitrogens with one attached hydrogen (secondary N) is 2. The maximum Gasteiger partial charge on any atom is 0.254 e. The molecule has 0 aliphatic rings. The molecular formula is C18H13ClF2N4O. The molecule has 2 aromatic carbocycles. The van der Waals surface area contributed by atoms with Crippen LogP contribution < -0.4 is 10.6 Å². The van der Waals surface area contributed by atoms with E-state index < -0.39 is 11.7 Å². The average Bonchev–Trinajstić information content (AvgIpc) is 2.64. The van der Waals surface area contributed by atoms with E-state index >= 15 is 0 Å². The monoisotopic (exact) mass is 374 g/mol. The van der Waals surface area contributed by atoms with Gasteiger partial charge in [0.25, 0.3) is 5.91 Å². The van der Waals surface area contributed by atoms with Crippen molar-refractivity contribution in [3.8, 4) is 0 Å². The van der Waals surface area contributed by atoms with Crippen LogP contribution in [-0.2, 0) is 6.54 Å². The standard InChI is InChI=1S/C18H13ClF2N4O/c19-14-7-13(5-6-16(14)21)25-18-23-9-12(10-24-18)17(26)22-8-11-3-1-2-4-15(11)20/h1-7,9-10H,8H2,(H,22,26)(H,23,24,25). The van der Waals surface area contributed by atoms with Gasteiger partial charge in [0.15, 0.2) is 0 Å². The fourth-order valence-corrected chi connectivity index (χ4v) is 2.31. The van der Waals surface area contributed by atoms with Crippen LogP contribution in [0.3, 0.4) is 0 Å². The molecule has 8 heteroatoms. The van der Waals surface area contributed by atoms with E-state index in [1.165, 1.54) is 36.7 Å². The summed E-state index contributed by atoms with van der Waals surface area (Å²) < 4.78 is 26.7. The summed E-state index contributed by atoms with van der Waals surface area (Å²) in [5.41, 5.74) is 1.12. The van der Waals surface area contributed by atoms with Gasteiger partial charge in [0.1, 0.15) is 11.6 Å². The summed E-state index contributed by atoms with van der Waals surface area (Å²) in [5, 5.41) is 5.42. The molecule has 3 aromatic rings. The molecule has 0 spiro atoms. The quantitative estimate of drug-likeness (QED) is 0.706. The third-order valence-corrected chi connectivity index (χ3v) is 3.78. The van der Waals surface area contributed by atoms with Crippen molar-refractivity contribution < 1.29 is 13.6 Å². The van der Waals surface area contributed by atoms with Crippen molar-refractivity contribution in [3.05, 3.63) is 82.6 Å². The van der Waals surface area contributed by atoms with Crippen LogP contribution in [0.1, 0.15) is 15.9 Å². The number of hydrogen-bond donors (Lipinski definition) is 2. The van der Waals surface area contributed by atoms with Crippen LogP contribution in [0.4, 0.5) is 20.4 Å². The lowest BCUT2D eigenvalue weighted by molar-refractivity contribution is 0.0950. The molecule has 26 heavy (non-hydrogen) atoms. The smallest absolute Gasteiger partial charge is 0.254 e. The van der Waals surface area contributed by atoms with Gasteiger partial charge in [-0.15, -0.1) is 0 Å². The first kappa shape index (κ1) is 17.8. The Labute approximate surface area is 153 Å². The highest BCUT2D eigenvalue weighted by Crippen LogP contribution is 2.21. The van der Waals surface area contributed by atoms with Crippen LogP contribution >= 0.6 is 11.6 Å². The molecule has 0 aliphatic carbocycles. The summed E-state index contributed by atoms with van der Waals surface area (Å²) in [5.74, 6) is -1.12. The molecule has 132 valence electrons. The van der Waals surface area contributed by atoms with Gasteiger partial charge in [0, 0.05) is 30.2 Å². The lowest BCUT2D eigenvalue weighted by Crippen LogP contribution is -2.23. The molecule has 0 saturated carbocycles. The van der Waals surface area contributed by atoms with Crippen LogP contribution in [0.2, 0.25) is 5.02 Å². The van der Waals surface area contributed by atoms with Crippen molar-refractivity contribution in [2.75, 3.05) is 5.32 Å². The van der Waals surface area contributed by atoms with Gasteiger partial charge in [-0.3, -0.25) is 4.79 Å². The van der Waals surface area contributed by atoms with E-state index in [2.05, 4.69) is 20.6 Å². The average molecular weight is 375 g/mol. The lowest BCUT2D eigenvalue weighted by Gasteiger charge is -2.08. The van der Waals surface area contributed by atoms with Gasteiger partial charge < -0.3 is 10.6 Å². The zero-order valence-electron chi connectivity index (χ0n) is 13.3. The Morgan fingerprint density at radius 2 is 1.77 bits per heavy atom. The molecule has 1 heterocycles. The molecule has 0 fully saturated rings. The summed E-state index contributed by atoms with van der Waals surface area (Å²) in [6.45, 7) is 0.0551. The summed E-state index contributed by atoms with van der Waals surface area (Å²) in [6.07, 6.45) is 2.66. The van der Waals surface area contributed by atoms with Crippen molar-refractivity contribution in [2.24, 2.45) is 0 Å². The third-order valence-electron chi connectivity index (χ3n) is 3.49. The van der Waals surface area contributed by atoms with Crippen molar-refractivity contribution in [3.63, 3.8) is 0 Å². The maximum atomic E-state index is 13.5. The summed E-state index contributed by atoms with van der Waals surface area (Å²) in [4.78, 5) is 20.1. The van der Waals surface area contributed by atoms with E-state index in [9.17, 15) is 13.6 Å². The van der Waals surface area contributed by atoms with E-state index in [1.807, 2.05) is 0 Å². The molecule has 1 amide bonds. The topological polar surface area (TPSA) is 66.9 Å². The van der Waals surface area contributed by atoms with Crippen LogP contribution in [0, 0.1) is 11.6 Å². The highest BCUT2D eigenvalue weighted by molar-refractivity contribution is 6.31. The predicted molar refractivity (Wildman–Crippen MR) is 94.3 cm³/mol. The van der Waals surface area contributed by atoms with Gasteiger partial charge in [0.05, 0.1) is 10.6 Å². The lowest BCUT2D eigenvalue weighted by atomic mass is 10.2. The van der Waals surface area contributed by atoms with Gasteiger partial charge in [0.2, 0.25) is 5.95 Å². The summed E-state index contributed by atoms with van der Waals surface area (Å²) >= 11 is 5.71. The van der Waals surface area contributed by atoms with Gasteiger partial charge >= 0.3 is 0 Å². The number of benzene rings is 2. The molecule has 0 radical (unpaired) electrons.